The number of H-pyrrole nitrogens is 1. The fraction of sp³-hybridized carbons (Fsp3) is 0.192. The fourth-order valence-electron chi connectivity index (χ4n) is 4.27. The number of fused-ring (bicyclic) bond motifs is 1. The van der Waals surface area contributed by atoms with E-state index in [1.54, 1.807) is 6.20 Å². The van der Waals surface area contributed by atoms with Crippen LogP contribution in [0.3, 0.4) is 0 Å². The predicted octanol–water partition coefficient (Wildman–Crippen LogP) is 5.34. The first-order valence-electron chi connectivity index (χ1n) is 10.6. The highest BCUT2D eigenvalue weighted by molar-refractivity contribution is 6.00. The Hall–Kier alpha value is -3.73. The van der Waals surface area contributed by atoms with Gasteiger partial charge in [-0.1, -0.05) is 74.5 Å². The van der Waals surface area contributed by atoms with E-state index in [1.807, 2.05) is 53.6 Å². The summed E-state index contributed by atoms with van der Waals surface area (Å²) in [6, 6.07) is 22.3. The van der Waals surface area contributed by atoms with Crippen LogP contribution in [-0.4, -0.2) is 26.0 Å². The lowest BCUT2D eigenvalue weighted by molar-refractivity contribution is 0.0730. The molecule has 1 unspecified atom stereocenters. The molecule has 1 aliphatic rings. The van der Waals surface area contributed by atoms with E-state index in [1.165, 1.54) is 5.56 Å². The van der Waals surface area contributed by atoms with E-state index < -0.39 is 0 Å². The maximum Gasteiger partial charge on any atom is 0.273 e. The molecule has 5 heteroatoms. The lowest BCUT2D eigenvalue weighted by Gasteiger charge is -2.26. The van der Waals surface area contributed by atoms with Crippen LogP contribution < -0.4 is 0 Å². The number of aromatic nitrogens is 3. The summed E-state index contributed by atoms with van der Waals surface area (Å²) < 4.78 is 0. The summed E-state index contributed by atoms with van der Waals surface area (Å²) in [4.78, 5) is 19.6. The molecule has 0 spiro atoms. The zero-order valence-electron chi connectivity index (χ0n) is 17.6. The number of hydrogen-bond acceptors (Lipinski definition) is 3. The van der Waals surface area contributed by atoms with E-state index in [-0.39, 0.29) is 11.9 Å². The zero-order valence-corrected chi connectivity index (χ0v) is 17.6. The van der Waals surface area contributed by atoms with E-state index in [0.717, 1.165) is 27.9 Å². The minimum Gasteiger partial charge on any atom is -0.322 e. The van der Waals surface area contributed by atoms with Gasteiger partial charge in [0.05, 0.1) is 11.7 Å². The standard InChI is InChI=1S/C26H24N4O/c1-17(2)19-10-12-21(13-11-19)25-22-23(20-8-4-3-5-9-20)28-29-24(22)26(31)30(25)16-18-7-6-14-27-15-18/h3-15,17,25H,16H2,1-2H3,(H,28,29). The third-order valence-corrected chi connectivity index (χ3v) is 5.91. The van der Waals surface area contributed by atoms with E-state index in [4.69, 9.17) is 0 Å². The Balaban J connectivity index is 1.63. The van der Waals surface area contributed by atoms with E-state index in [9.17, 15) is 4.79 Å². The van der Waals surface area contributed by atoms with Crippen molar-refractivity contribution in [2.75, 3.05) is 0 Å². The second-order valence-electron chi connectivity index (χ2n) is 8.25. The summed E-state index contributed by atoms with van der Waals surface area (Å²) in [5, 5.41) is 7.56. The van der Waals surface area contributed by atoms with Crippen molar-refractivity contribution < 1.29 is 4.79 Å². The number of hydrogen-bond donors (Lipinski definition) is 1. The van der Waals surface area contributed by atoms with Crippen molar-refractivity contribution in [1.29, 1.82) is 0 Å². The van der Waals surface area contributed by atoms with E-state index in [0.29, 0.717) is 18.2 Å². The molecule has 0 saturated carbocycles. The van der Waals surface area contributed by atoms with Crippen molar-refractivity contribution in [3.8, 4) is 11.3 Å². The monoisotopic (exact) mass is 408 g/mol. The van der Waals surface area contributed by atoms with Gasteiger partial charge in [0.15, 0.2) is 0 Å². The third-order valence-electron chi connectivity index (χ3n) is 5.91. The maximum absolute atomic E-state index is 13.4. The van der Waals surface area contributed by atoms with Crippen LogP contribution in [0.15, 0.2) is 79.1 Å². The maximum atomic E-state index is 13.4. The number of aromatic amines is 1. The molecule has 4 aromatic rings. The summed E-state index contributed by atoms with van der Waals surface area (Å²) in [7, 11) is 0. The Morgan fingerprint density at radius 2 is 1.77 bits per heavy atom. The average molecular weight is 409 g/mol. The van der Waals surface area contributed by atoms with Crippen LogP contribution in [0, 0.1) is 0 Å². The molecule has 2 aromatic carbocycles. The van der Waals surface area contributed by atoms with Crippen molar-refractivity contribution in [2.45, 2.75) is 32.4 Å². The first kappa shape index (κ1) is 19.2. The molecule has 31 heavy (non-hydrogen) atoms. The van der Waals surface area contributed by atoms with Crippen LogP contribution in [0.25, 0.3) is 11.3 Å². The third kappa shape index (κ3) is 3.42. The molecular weight excluding hydrogens is 384 g/mol. The van der Waals surface area contributed by atoms with Gasteiger partial charge in [0.25, 0.3) is 5.91 Å². The molecule has 3 heterocycles. The second-order valence-corrected chi connectivity index (χ2v) is 8.25. The molecule has 0 saturated heterocycles. The van der Waals surface area contributed by atoms with Crippen LogP contribution in [0.5, 0.6) is 0 Å². The van der Waals surface area contributed by atoms with Gasteiger partial charge in [0.2, 0.25) is 0 Å². The number of pyridine rings is 1. The molecule has 2 aromatic heterocycles. The smallest absolute Gasteiger partial charge is 0.273 e. The SMILES string of the molecule is CC(C)c1ccc(C2c3c(-c4ccccc4)n[nH]c3C(=O)N2Cc2cccnc2)cc1. The van der Waals surface area contributed by atoms with E-state index >= 15 is 0 Å². The summed E-state index contributed by atoms with van der Waals surface area (Å²) in [5.41, 5.74) is 6.70. The van der Waals surface area contributed by atoms with Gasteiger partial charge >= 0.3 is 0 Å². The summed E-state index contributed by atoms with van der Waals surface area (Å²) in [6.07, 6.45) is 3.56. The molecule has 0 fully saturated rings. The molecule has 0 bridgehead atoms. The van der Waals surface area contributed by atoms with Gasteiger partial charge in [-0.25, -0.2) is 0 Å². The Bertz CT molecular complexity index is 1200. The Kier molecular flexibility index (Phi) is 4.86. The zero-order chi connectivity index (χ0) is 21.4. The quantitative estimate of drug-likeness (QED) is 0.485. The van der Waals surface area contributed by atoms with Gasteiger partial charge in [-0.05, 0) is 28.7 Å². The molecule has 0 radical (unpaired) electrons. The Morgan fingerprint density at radius 1 is 1.00 bits per heavy atom. The van der Waals surface area contributed by atoms with Crippen LogP contribution in [-0.2, 0) is 6.54 Å². The molecule has 1 amide bonds. The van der Waals surface area contributed by atoms with Crippen LogP contribution in [0.4, 0.5) is 0 Å². The second kappa shape index (κ2) is 7.84. The minimum absolute atomic E-state index is 0.0357. The lowest BCUT2D eigenvalue weighted by Crippen LogP contribution is -2.29. The first-order valence-corrected chi connectivity index (χ1v) is 10.6. The molecule has 5 rings (SSSR count). The molecular formula is C26H24N4O. The summed E-state index contributed by atoms with van der Waals surface area (Å²) in [5.74, 6) is 0.418. The number of carbonyl (C=O) groups is 1. The van der Waals surface area contributed by atoms with Crippen molar-refractivity contribution in [2.24, 2.45) is 0 Å². The largest absolute Gasteiger partial charge is 0.322 e. The van der Waals surface area contributed by atoms with Crippen molar-refractivity contribution in [1.82, 2.24) is 20.1 Å². The van der Waals surface area contributed by atoms with Gasteiger partial charge in [-0.2, -0.15) is 5.10 Å². The number of amides is 1. The highest BCUT2D eigenvalue weighted by Crippen LogP contribution is 2.43. The minimum atomic E-state index is -0.210. The van der Waals surface area contributed by atoms with Crippen LogP contribution in [0.1, 0.15) is 58.5 Å². The number of carbonyl (C=O) groups excluding carboxylic acids is 1. The van der Waals surface area contributed by atoms with Crippen LogP contribution >= 0.6 is 0 Å². The molecule has 1 N–H and O–H groups in total. The highest BCUT2D eigenvalue weighted by Gasteiger charge is 2.42. The molecule has 5 nitrogen and oxygen atoms in total. The van der Waals surface area contributed by atoms with Crippen molar-refractivity contribution in [3.05, 3.63) is 107 Å². The predicted molar refractivity (Wildman–Crippen MR) is 121 cm³/mol. The topological polar surface area (TPSA) is 61.9 Å². The molecule has 1 aliphatic heterocycles. The summed E-state index contributed by atoms with van der Waals surface area (Å²) >= 11 is 0. The summed E-state index contributed by atoms with van der Waals surface area (Å²) in [6.45, 7) is 4.86. The average Bonchev–Trinajstić information content (AvgIpc) is 3.35. The van der Waals surface area contributed by atoms with Gasteiger partial charge < -0.3 is 4.90 Å². The van der Waals surface area contributed by atoms with Gasteiger partial charge in [-0.15, -0.1) is 0 Å². The number of rotatable bonds is 5. The highest BCUT2D eigenvalue weighted by atomic mass is 16.2. The lowest BCUT2D eigenvalue weighted by atomic mass is 9.93. The Morgan fingerprint density at radius 3 is 2.45 bits per heavy atom. The van der Waals surface area contributed by atoms with Crippen LogP contribution in [0.2, 0.25) is 0 Å². The molecule has 1 atom stereocenters. The number of nitrogens with zero attached hydrogens (tertiary/aromatic N) is 3. The molecule has 154 valence electrons. The molecule has 0 aliphatic carbocycles. The van der Waals surface area contributed by atoms with E-state index in [2.05, 4.69) is 53.3 Å². The van der Waals surface area contributed by atoms with Gasteiger partial charge in [0.1, 0.15) is 5.69 Å². The number of benzene rings is 2. The fourth-order valence-corrected chi connectivity index (χ4v) is 4.27. The van der Waals surface area contributed by atoms with Crippen molar-refractivity contribution in [3.63, 3.8) is 0 Å². The van der Waals surface area contributed by atoms with Gasteiger partial charge in [-0.3, -0.25) is 14.9 Å². The number of nitrogens with one attached hydrogen (secondary N) is 1. The van der Waals surface area contributed by atoms with Crippen molar-refractivity contribution >= 4 is 5.91 Å². The Labute approximate surface area is 181 Å². The normalized spacial score (nSPS) is 15.5. The first-order chi connectivity index (χ1) is 15.1. The van der Waals surface area contributed by atoms with Gasteiger partial charge in [0, 0.05) is 30.1 Å².